The summed E-state index contributed by atoms with van der Waals surface area (Å²) in [5, 5.41) is 9.08. The van der Waals surface area contributed by atoms with Gasteiger partial charge in [0.15, 0.2) is 11.9 Å². The summed E-state index contributed by atoms with van der Waals surface area (Å²) in [5.41, 5.74) is 0. The number of hydrogen-bond donors (Lipinski definition) is 1. The molecule has 13 heavy (non-hydrogen) atoms. The molecule has 0 aromatic heterocycles. The first kappa shape index (κ1) is 9.85. The number of ketones is 1. The maximum Gasteiger partial charge on any atom is 0.265 e. The van der Waals surface area contributed by atoms with Crippen LogP contribution in [0.3, 0.4) is 0 Å². The third-order valence-corrected chi connectivity index (χ3v) is 1.96. The van der Waals surface area contributed by atoms with Gasteiger partial charge in [-0.05, 0) is 13.3 Å². The topological polar surface area (TPSA) is 74.7 Å². The Hall–Kier alpha value is -1.23. The lowest BCUT2D eigenvalue weighted by Gasteiger charge is -2.15. The van der Waals surface area contributed by atoms with Gasteiger partial charge in [0.25, 0.3) is 5.91 Å². The van der Waals surface area contributed by atoms with Gasteiger partial charge < -0.3 is 5.11 Å². The maximum atomic E-state index is 11.2. The summed E-state index contributed by atoms with van der Waals surface area (Å²) in [4.78, 5) is 33.8. The monoisotopic (exact) mass is 185 g/mol. The Labute approximate surface area is 75.3 Å². The molecule has 0 aromatic rings. The van der Waals surface area contributed by atoms with Crippen molar-refractivity contribution in [3.8, 4) is 0 Å². The maximum absolute atomic E-state index is 11.2. The highest BCUT2D eigenvalue weighted by molar-refractivity contribution is 6.09. The first-order chi connectivity index (χ1) is 6.04. The van der Waals surface area contributed by atoms with Crippen LogP contribution < -0.4 is 0 Å². The van der Waals surface area contributed by atoms with Gasteiger partial charge in [-0.25, -0.2) is 0 Å². The van der Waals surface area contributed by atoms with Gasteiger partial charge in [0.2, 0.25) is 5.91 Å². The summed E-state index contributed by atoms with van der Waals surface area (Å²) in [6.45, 7) is 1.42. The van der Waals surface area contributed by atoms with E-state index in [-0.39, 0.29) is 5.91 Å². The van der Waals surface area contributed by atoms with E-state index >= 15 is 0 Å². The molecule has 1 atom stereocenters. The standard InChI is InChI=1S/C8H11NO4/c1-5(10)7(12)8(13)9-4-2-3-6(9)11/h7,12H,2-4H2,1H3. The fourth-order valence-electron chi connectivity index (χ4n) is 1.20. The molecule has 1 fully saturated rings. The Bertz CT molecular complexity index is 261. The van der Waals surface area contributed by atoms with Crippen LogP contribution in [-0.4, -0.2) is 40.3 Å². The van der Waals surface area contributed by atoms with Crippen molar-refractivity contribution in [3.63, 3.8) is 0 Å². The van der Waals surface area contributed by atoms with E-state index in [0.29, 0.717) is 19.4 Å². The average molecular weight is 185 g/mol. The molecule has 5 heteroatoms. The molecular weight excluding hydrogens is 174 g/mol. The van der Waals surface area contributed by atoms with Gasteiger partial charge in [-0.15, -0.1) is 0 Å². The highest BCUT2D eigenvalue weighted by Gasteiger charge is 2.32. The Morgan fingerprint density at radius 3 is 2.54 bits per heavy atom. The minimum Gasteiger partial charge on any atom is -0.376 e. The van der Waals surface area contributed by atoms with Crippen LogP contribution in [0, 0.1) is 0 Å². The number of aliphatic hydroxyl groups is 1. The number of imide groups is 1. The van der Waals surface area contributed by atoms with Crippen molar-refractivity contribution in [3.05, 3.63) is 0 Å². The number of Topliss-reactive ketones (excluding diaryl/α,β-unsaturated/α-hetero) is 1. The quantitative estimate of drug-likeness (QED) is 0.565. The Kier molecular flexibility index (Phi) is 2.77. The fourth-order valence-corrected chi connectivity index (χ4v) is 1.20. The van der Waals surface area contributed by atoms with Crippen molar-refractivity contribution in [2.75, 3.05) is 6.54 Å². The summed E-state index contributed by atoms with van der Waals surface area (Å²) in [5.74, 6) is -1.75. The summed E-state index contributed by atoms with van der Waals surface area (Å²) in [6, 6.07) is 0. The van der Waals surface area contributed by atoms with E-state index in [4.69, 9.17) is 5.11 Å². The molecule has 1 aliphatic heterocycles. The van der Waals surface area contributed by atoms with Crippen LogP contribution in [0.5, 0.6) is 0 Å². The largest absolute Gasteiger partial charge is 0.376 e. The number of carbonyl (C=O) groups is 3. The Balaban J connectivity index is 2.67. The summed E-state index contributed by atoms with van der Waals surface area (Å²) >= 11 is 0. The number of likely N-dealkylation sites (tertiary alicyclic amines) is 1. The number of amides is 2. The molecule has 2 amide bonds. The van der Waals surface area contributed by atoms with Crippen LogP contribution in [-0.2, 0) is 14.4 Å². The summed E-state index contributed by atoms with van der Waals surface area (Å²) in [6.07, 6.45) is -0.756. The SMILES string of the molecule is CC(=O)C(O)C(=O)N1CCCC1=O. The first-order valence-electron chi connectivity index (χ1n) is 4.06. The second-order valence-corrected chi connectivity index (χ2v) is 3.00. The molecule has 0 radical (unpaired) electrons. The van der Waals surface area contributed by atoms with E-state index in [2.05, 4.69) is 0 Å². The first-order valence-corrected chi connectivity index (χ1v) is 4.06. The zero-order valence-electron chi connectivity index (χ0n) is 7.32. The molecular formula is C8H11NO4. The molecule has 5 nitrogen and oxygen atoms in total. The van der Waals surface area contributed by atoms with Crippen molar-refractivity contribution in [2.24, 2.45) is 0 Å². The Morgan fingerprint density at radius 1 is 1.54 bits per heavy atom. The number of carbonyl (C=O) groups excluding carboxylic acids is 3. The zero-order valence-corrected chi connectivity index (χ0v) is 7.32. The third kappa shape index (κ3) is 1.92. The van der Waals surface area contributed by atoms with Crippen LogP contribution in [0.4, 0.5) is 0 Å². The van der Waals surface area contributed by atoms with Gasteiger partial charge in [0.1, 0.15) is 0 Å². The molecule has 1 aliphatic rings. The van der Waals surface area contributed by atoms with Crippen molar-refractivity contribution in [1.82, 2.24) is 4.90 Å². The van der Waals surface area contributed by atoms with Crippen molar-refractivity contribution in [2.45, 2.75) is 25.9 Å². The molecule has 0 aromatic carbocycles. The van der Waals surface area contributed by atoms with Crippen molar-refractivity contribution < 1.29 is 19.5 Å². The molecule has 0 bridgehead atoms. The fraction of sp³-hybridized carbons (Fsp3) is 0.625. The lowest BCUT2D eigenvalue weighted by molar-refractivity contribution is -0.150. The highest BCUT2D eigenvalue weighted by Crippen LogP contribution is 2.11. The van der Waals surface area contributed by atoms with E-state index in [1.165, 1.54) is 0 Å². The summed E-state index contributed by atoms with van der Waals surface area (Å²) < 4.78 is 0. The molecule has 1 N–H and O–H groups in total. The molecule has 72 valence electrons. The molecule has 0 spiro atoms. The Morgan fingerprint density at radius 2 is 2.15 bits per heavy atom. The minimum absolute atomic E-state index is 0.308. The van der Waals surface area contributed by atoms with Gasteiger partial charge in [0, 0.05) is 13.0 Å². The van der Waals surface area contributed by atoms with Crippen molar-refractivity contribution in [1.29, 1.82) is 0 Å². The molecule has 1 heterocycles. The molecule has 1 unspecified atom stereocenters. The number of hydrogen-bond acceptors (Lipinski definition) is 4. The highest BCUT2D eigenvalue weighted by atomic mass is 16.3. The second-order valence-electron chi connectivity index (χ2n) is 3.00. The van der Waals surface area contributed by atoms with E-state index < -0.39 is 17.8 Å². The lowest BCUT2D eigenvalue weighted by atomic mass is 10.2. The van der Waals surface area contributed by atoms with Gasteiger partial charge in [-0.2, -0.15) is 0 Å². The van der Waals surface area contributed by atoms with Crippen LogP contribution in [0.1, 0.15) is 19.8 Å². The predicted octanol–water partition coefficient (Wildman–Crippen LogP) is -0.915. The molecule has 1 rings (SSSR count). The average Bonchev–Trinajstić information content (AvgIpc) is 2.48. The van der Waals surface area contributed by atoms with Crippen molar-refractivity contribution >= 4 is 17.6 Å². The van der Waals surface area contributed by atoms with Gasteiger partial charge >= 0.3 is 0 Å². The van der Waals surface area contributed by atoms with Gasteiger partial charge in [-0.1, -0.05) is 0 Å². The zero-order chi connectivity index (χ0) is 10.0. The predicted molar refractivity (Wildman–Crippen MR) is 42.6 cm³/mol. The third-order valence-electron chi connectivity index (χ3n) is 1.96. The summed E-state index contributed by atoms with van der Waals surface area (Å²) in [7, 11) is 0. The molecule has 0 saturated carbocycles. The van der Waals surface area contributed by atoms with E-state index in [0.717, 1.165) is 11.8 Å². The van der Waals surface area contributed by atoms with Crippen LogP contribution in [0.15, 0.2) is 0 Å². The second kappa shape index (κ2) is 3.66. The van der Waals surface area contributed by atoms with E-state index in [1.54, 1.807) is 0 Å². The van der Waals surface area contributed by atoms with Crippen LogP contribution >= 0.6 is 0 Å². The molecule has 1 saturated heterocycles. The van der Waals surface area contributed by atoms with Gasteiger partial charge in [-0.3, -0.25) is 19.3 Å². The van der Waals surface area contributed by atoms with Gasteiger partial charge in [0.05, 0.1) is 0 Å². The van der Waals surface area contributed by atoms with Crippen LogP contribution in [0.25, 0.3) is 0 Å². The van der Waals surface area contributed by atoms with Crippen LogP contribution in [0.2, 0.25) is 0 Å². The number of rotatable bonds is 2. The number of aliphatic hydroxyl groups excluding tert-OH is 1. The minimum atomic E-state index is -1.68. The smallest absolute Gasteiger partial charge is 0.265 e. The number of nitrogens with zero attached hydrogens (tertiary/aromatic N) is 1. The van der Waals surface area contributed by atoms with E-state index in [9.17, 15) is 14.4 Å². The molecule has 0 aliphatic carbocycles. The van der Waals surface area contributed by atoms with E-state index in [1.807, 2.05) is 0 Å². The lowest BCUT2D eigenvalue weighted by Crippen LogP contribution is -2.42. The normalized spacial score (nSPS) is 18.9.